The molecule has 2 rings (SSSR count). The first kappa shape index (κ1) is 18.4. The minimum atomic E-state index is -0.322. The highest BCUT2D eigenvalue weighted by Gasteiger charge is 2.13. The fourth-order valence-corrected chi connectivity index (χ4v) is 2.78. The number of carbonyl (C=O) groups is 1. The number of hydrogen-bond donors (Lipinski definition) is 1. The minimum Gasteiger partial charge on any atom is -0.495 e. The highest BCUT2D eigenvalue weighted by atomic mass is 79.9. The van der Waals surface area contributed by atoms with E-state index in [4.69, 9.17) is 25.8 Å². The van der Waals surface area contributed by atoms with E-state index in [0.717, 1.165) is 10.0 Å². The molecule has 0 aliphatic carbocycles. The van der Waals surface area contributed by atoms with Crippen LogP contribution in [0.5, 0.6) is 17.2 Å². The summed E-state index contributed by atoms with van der Waals surface area (Å²) >= 11 is 9.47. The lowest BCUT2D eigenvalue weighted by Crippen LogP contribution is -2.20. The van der Waals surface area contributed by atoms with Crippen molar-refractivity contribution < 1.29 is 19.0 Å². The molecular weight excluding hydrogens is 398 g/mol. The first-order valence-corrected chi connectivity index (χ1v) is 8.22. The molecule has 5 nitrogen and oxygen atoms in total. The third-order valence-corrected chi connectivity index (χ3v) is 4.03. The topological polar surface area (TPSA) is 56.8 Å². The Bertz CT molecular complexity index is 752. The van der Waals surface area contributed by atoms with Crippen LogP contribution in [0.15, 0.2) is 34.8 Å². The number of methoxy groups -OCH3 is 2. The maximum absolute atomic E-state index is 12.1. The molecule has 0 fully saturated rings. The van der Waals surface area contributed by atoms with Crippen LogP contribution >= 0.6 is 27.5 Å². The van der Waals surface area contributed by atoms with Gasteiger partial charge in [-0.2, -0.15) is 0 Å². The third-order valence-electron chi connectivity index (χ3n) is 3.24. The van der Waals surface area contributed by atoms with Gasteiger partial charge in [0.2, 0.25) is 0 Å². The monoisotopic (exact) mass is 413 g/mol. The number of ether oxygens (including phenoxy) is 3. The Morgan fingerprint density at radius 1 is 1.12 bits per heavy atom. The summed E-state index contributed by atoms with van der Waals surface area (Å²) in [5, 5.41) is 3.09. The van der Waals surface area contributed by atoms with Crippen molar-refractivity contribution in [3.63, 3.8) is 0 Å². The van der Waals surface area contributed by atoms with Gasteiger partial charge < -0.3 is 19.5 Å². The van der Waals surface area contributed by atoms with Gasteiger partial charge in [-0.1, -0.05) is 27.5 Å². The molecule has 2 aromatic rings. The van der Waals surface area contributed by atoms with Crippen LogP contribution in [0, 0.1) is 6.92 Å². The minimum absolute atomic E-state index is 0.130. The molecule has 0 unspecified atom stereocenters. The van der Waals surface area contributed by atoms with Crippen LogP contribution in [0.2, 0.25) is 5.02 Å². The molecule has 1 amide bonds. The largest absolute Gasteiger partial charge is 0.495 e. The number of halogens is 2. The molecule has 2 aromatic carbocycles. The van der Waals surface area contributed by atoms with Crippen LogP contribution in [0.25, 0.3) is 0 Å². The van der Waals surface area contributed by atoms with Gasteiger partial charge in [0.25, 0.3) is 5.91 Å². The normalized spacial score (nSPS) is 10.2. The third kappa shape index (κ3) is 4.55. The maximum Gasteiger partial charge on any atom is 0.262 e. The molecule has 0 bridgehead atoms. The Morgan fingerprint density at radius 3 is 2.46 bits per heavy atom. The zero-order valence-corrected chi connectivity index (χ0v) is 15.8. The lowest BCUT2D eigenvalue weighted by atomic mass is 10.2. The lowest BCUT2D eigenvalue weighted by Gasteiger charge is -2.14. The van der Waals surface area contributed by atoms with E-state index in [0.29, 0.717) is 28.0 Å². The van der Waals surface area contributed by atoms with Gasteiger partial charge in [-0.3, -0.25) is 4.79 Å². The van der Waals surface area contributed by atoms with Gasteiger partial charge in [-0.15, -0.1) is 0 Å². The standard InChI is InChI=1S/C17H17BrClNO4/c1-10-6-11(18)4-5-14(10)24-9-17(21)20-13-7-12(19)15(22-2)8-16(13)23-3/h4-8H,9H2,1-3H3,(H,20,21). The molecule has 1 N–H and O–H groups in total. The fourth-order valence-electron chi connectivity index (χ4n) is 2.06. The molecule has 0 aliphatic rings. The number of benzene rings is 2. The number of hydrogen-bond acceptors (Lipinski definition) is 4. The molecule has 0 saturated carbocycles. The van der Waals surface area contributed by atoms with E-state index in [1.165, 1.54) is 14.2 Å². The van der Waals surface area contributed by atoms with E-state index in [9.17, 15) is 4.79 Å². The first-order chi connectivity index (χ1) is 11.4. The average molecular weight is 415 g/mol. The zero-order chi connectivity index (χ0) is 17.7. The summed E-state index contributed by atoms with van der Waals surface area (Å²) in [5.74, 6) is 1.24. The van der Waals surface area contributed by atoms with Crippen LogP contribution in [0.4, 0.5) is 5.69 Å². The smallest absolute Gasteiger partial charge is 0.262 e. The van der Waals surface area contributed by atoms with Gasteiger partial charge in [0.05, 0.1) is 24.9 Å². The van der Waals surface area contributed by atoms with Crippen LogP contribution in [-0.2, 0) is 4.79 Å². The number of carbonyl (C=O) groups excluding carboxylic acids is 1. The molecule has 0 aromatic heterocycles. The van der Waals surface area contributed by atoms with Gasteiger partial charge >= 0.3 is 0 Å². The van der Waals surface area contributed by atoms with Crippen molar-refractivity contribution in [1.29, 1.82) is 0 Å². The van der Waals surface area contributed by atoms with Crippen molar-refractivity contribution in [2.24, 2.45) is 0 Å². The van der Waals surface area contributed by atoms with E-state index >= 15 is 0 Å². The molecule has 0 radical (unpaired) electrons. The number of nitrogens with one attached hydrogen (secondary N) is 1. The molecule has 0 atom stereocenters. The second kappa shape index (κ2) is 8.26. The van der Waals surface area contributed by atoms with Crippen LogP contribution in [0.1, 0.15) is 5.56 Å². The Balaban J connectivity index is 2.05. The van der Waals surface area contributed by atoms with Crippen molar-refractivity contribution in [2.45, 2.75) is 6.92 Å². The van der Waals surface area contributed by atoms with Gasteiger partial charge in [0.15, 0.2) is 6.61 Å². The highest BCUT2D eigenvalue weighted by Crippen LogP contribution is 2.35. The zero-order valence-electron chi connectivity index (χ0n) is 13.5. The maximum atomic E-state index is 12.1. The average Bonchev–Trinajstić information content (AvgIpc) is 2.54. The van der Waals surface area contributed by atoms with Gasteiger partial charge in [0, 0.05) is 10.5 Å². The van der Waals surface area contributed by atoms with Gasteiger partial charge in [0.1, 0.15) is 17.2 Å². The van der Waals surface area contributed by atoms with Crippen molar-refractivity contribution in [3.8, 4) is 17.2 Å². The molecule has 0 aliphatic heterocycles. The number of anilines is 1. The van der Waals surface area contributed by atoms with Crippen LogP contribution in [0.3, 0.4) is 0 Å². The van der Waals surface area contributed by atoms with E-state index in [1.807, 2.05) is 19.1 Å². The Labute approximate surface area is 154 Å². The molecule has 128 valence electrons. The predicted octanol–water partition coefficient (Wildman–Crippen LogP) is 4.45. The van der Waals surface area contributed by atoms with Crippen LogP contribution in [-0.4, -0.2) is 26.7 Å². The molecule has 0 spiro atoms. The first-order valence-electron chi connectivity index (χ1n) is 7.05. The second-order valence-corrected chi connectivity index (χ2v) is 6.26. The number of aryl methyl sites for hydroxylation is 1. The van der Waals surface area contributed by atoms with E-state index < -0.39 is 0 Å². The summed E-state index contributed by atoms with van der Waals surface area (Å²) < 4.78 is 16.9. The number of amides is 1. The quantitative estimate of drug-likeness (QED) is 0.759. The molecule has 0 saturated heterocycles. The van der Waals surface area contributed by atoms with E-state index in [1.54, 1.807) is 18.2 Å². The Morgan fingerprint density at radius 2 is 1.83 bits per heavy atom. The van der Waals surface area contributed by atoms with Crippen molar-refractivity contribution in [2.75, 3.05) is 26.1 Å². The SMILES string of the molecule is COc1cc(OC)c(NC(=O)COc2ccc(Br)cc2C)cc1Cl. The summed E-state index contributed by atoms with van der Waals surface area (Å²) in [7, 11) is 3.01. The number of rotatable bonds is 6. The Hall–Kier alpha value is -1.92. The molecule has 0 heterocycles. The predicted molar refractivity (Wildman–Crippen MR) is 97.6 cm³/mol. The van der Waals surface area contributed by atoms with Crippen molar-refractivity contribution in [3.05, 3.63) is 45.4 Å². The summed E-state index contributed by atoms with van der Waals surface area (Å²) in [5.41, 5.74) is 1.38. The summed E-state index contributed by atoms with van der Waals surface area (Å²) in [6.45, 7) is 1.78. The second-order valence-electron chi connectivity index (χ2n) is 4.93. The van der Waals surface area contributed by atoms with Gasteiger partial charge in [-0.25, -0.2) is 0 Å². The summed E-state index contributed by atoms with van der Waals surface area (Å²) in [6, 6.07) is 8.75. The molecule has 24 heavy (non-hydrogen) atoms. The van der Waals surface area contributed by atoms with Crippen molar-refractivity contribution >= 4 is 39.1 Å². The molecular formula is C17H17BrClNO4. The summed E-state index contributed by atoms with van der Waals surface area (Å²) in [6.07, 6.45) is 0. The summed E-state index contributed by atoms with van der Waals surface area (Å²) in [4.78, 5) is 12.1. The molecule has 7 heteroatoms. The van der Waals surface area contributed by atoms with E-state index in [-0.39, 0.29) is 12.5 Å². The van der Waals surface area contributed by atoms with Crippen molar-refractivity contribution in [1.82, 2.24) is 0 Å². The Kier molecular flexibility index (Phi) is 6.34. The highest BCUT2D eigenvalue weighted by molar-refractivity contribution is 9.10. The lowest BCUT2D eigenvalue weighted by molar-refractivity contribution is -0.118. The van der Waals surface area contributed by atoms with Crippen LogP contribution < -0.4 is 19.5 Å². The fraction of sp³-hybridized carbons (Fsp3) is 0.235. The van der Waals surface area contributed by atoms with E-state index in [2.05, 4.69) is 21.2 Å². The van der Waals surface area contributed by atoms with Gasteiger partial charge in [-0.05, 0) is 36.8 Å².